The smallest absolute Gasteiger partial charge is 0.0852 e. The van der Waals surface area contributed by atoms with E-state index in [1.54, 1.807) is 0 Å². The Morgan fingerprint density at radius 3 is 2.25 bits per heavy atom. The number of hydrogen-bond acceptors (Lipinski definition) is 1. The van der Waals surface area contributed by atoms with Crippen LogP contribution < -0.4 is 5.73 Å². The fraction of sp³-hybridized carbons (Fsp3) is 0.556. The van der Waals surface area contributed by atoms with Gasteiger partial charge in [0, 0.05) is 18.3 Å². The molecule has 0 aliphatic carbocycles. The Morgan fingerprint density at radius 1 is 1.42 bits per heavy atom. The molecule has 1 unspecified atom stereocenters. The second-order valence-electron chi connectivity index (χ2n) is 3.39. The topological polar surface area (TPSA) is 30.9 Å². The minimum Gasteiger partial charge on any atom is -0.340 e. The molecular weight excluding hydrogens is 216 g/mol. The fourth-order valence-corrected chi connectivity index (χ4v) is 1.89. The van der Waals surface area contributed by atoms with Crippen LogP contribution in [0.1, 0.15) is 38.4 Å². The Kier molecular flexibility index (Phi) is 2.96. The molecule has 0 fully saturated rings. The van der Waals surface area contributed by atoms with E-state index >= 15 is 0 Å². The molecule has 0 saturated heterocycles. The first-order valence-electron chi connectivity index (χ1n) is 4.15. The number of halogens is 1. The molecule has 2 nitrogen and oxygen atoms in total. The van der Waals surface area contributed by atoms with Gasteiger partial charge in [-0.15, -0.1) is 0 Å². The van der Waals surface area contributed by atoms with Gasteiger partial charge in [-0.2, -0.15) is 0 Å². The van der Waals surface area contributed by atoms with Gasteiger partial charge in [-0.1, -0.05) is 0 Å². The van der Waals surface area contributed by atoms with Crippen LogP contribution in [-0.4, -0.2) is 4.57 Å². The van der Waals surface area contributed by atoms with E-state index in [9.17, 15) is 0 Å². The first kappa shape index (κ1) is 9.81. The van der Waals surface area contributed by atoms with E-state index in [1.165, 1.54) is 5.56 Å². The molecule has 0 aliphatic rings. The Morgan fingerprint density at radius 2 is 2.00 bits per heavy atom. The molecular formula is C9H15BrN2. The lowest BCUT2D eigenvalue weighted by Crippen LogP contribution is -2.04. The third kappa shape index (κ3) is 1.90. The van der Waals surface area contributed by atoms with Crippen LogP contribution in [0.4, 0.5) is 0 Å². The molecule has 1 aromatic rings. The predicted octanol–water partition coefficient (Wildman–Crippen LogP) is 2.85. The number of hydrogen-bond donors (Lipinski definition) is 1. The van der Waals surface area contributed by atoms with Crippen molar-refractivity contribution in [3.05, 3.63) is 22.4 Å². The van der Waals surface area contributed by atoms with Gasteiger partial charge in [-0.3, -0.25) is 0 Å². The zero-order valence-electron chi connectivity index (χ0n) is 7.71. The predicted molar refractivity (Wildman–Crippen MR) is 55.1 cm³/mol. The van der Waals surface area contributed by atoms with Crippen molar-refractivity contribution in [3.63, 3.8) is 0 Å². The molecule has 0 aliphatic heterocycles. The highest BCUT2D eigenvalue weighted by Gasteiger charge is 2.08. The molecule has 0 saturated carbocycles. The van der Waals surface area contributed by atoms with Crippen LogP contribution in [0.5, 0.6) is 0 Å². The normalized spacial score (nSPS) is 13.8. The lowest BCUT2D eigenvalue weighted by molar-refractivity contribution is 0.590. The third-order valence-electron chi connectivity index (χ3n) is 1.90. The summed E-state index contributed by atoms with van der Waals surface area (Å²) in [6.45, 7) is 6.29. The maximum atomic E-state index is 5.76. The number of nitrogens with zero attached hydrogens (tertiary/aromatic N) is 1. The maximum Gasteiger partial charge on any atom is 0.0852 e. The average molecular weight is 231 g/mol. The number of aromatic nitrogens is 1. The Labute approximate surface area is 81.9 Å². The van der Waals surface area contributed by atoms with Crippen LogP contribution in [0, 0.1) is 0 Å². The van der Waals surface area contributed by atoms with Gasteiger partial charge in [0.15, 0.2) is 0 Å². The second kappa shape index (κ2) is 3.62. The van der Waals surface area contributed by atoms with Crippen molar-refractivity contribution in [3.8, 4) is 0 Å². The minimum absolute atomic E-state index is 0.112. The Hall–Kier alpha value is -0.280. The third-order valence-corrected chi connectivity index (χ3v) is 2.54. The largest absolute Gasteiger partial charge is 0.340 e. The van der Waals surface area contributed by atoms with Crippen molar-refractivity contribution in [1.82, 2.24) is 4.57 Å². The highest BCUT2D eigenvalue weighted by atomic mass is 79.9. The van der Waals surface area contributed by atoms with Gasteiger partial charge in [-0.25, -0.2) is 0 Å². The van der Waals surface area contributed by atoms with Gasteiger partial charge in [0.25, 0.3) is 0 Å². The van der Waals surface area contributed by atoms with E-state index in [-0.39, 0.29) is 6.04 Å². The lowest BCUT2D eigenvalue weighted by atomic mass is 10.2. The van der Waals surface area contributed by atoms with Gasteiger partial charge in [0.2, 0.25) is 0 Å². The van der Waals surface area contributed by atoms with Gasteiger partial charge >= 0.3 is 0 Å². The van der Waals surface area contributed by atoms with Crippen LogP contribution >= 0.6 is 15.9 Å². The first-order valence-corrected chi connectivity index (χ1v) is 4.94. The summed E-state index contributed by atoms with van der Waals surface area (Å²) in [5.41, 5.74) is 6.94. The van der Waals surface area contributed by atoms with Crippen LogP contribution in [0.3, 0.4) is 0 Å². The summed E-state index contributed by atoms with van der Waals surface area (Å²) < 4.78 is 3.27. The average Bonchev–Trinajstić information content (AvgIpc) is 2.30. The van der Waals surface area contributed by atoms with Gasteiger partial charge < -0.3 is 10.3 Å². The first-order chi connectivity index (χ1) is 5.52. The van der Waals surface area contributed by atoms with Crippen molar-refractivity contribution in [2.24, 2.45) is 5.73 Å². The molecule has 12 heavy (non-hydrogen) atoms. The van der Waals surface area contributed by atoms with Gasteiger partial charge in [0.1, 0.15) is 0 Å². The molecule has 2 N–H and O–H groups in total. The fourth-order valence-electron chi connectivity index (χ4n) is 1.12. The molecule has 0 spiro atoms. The van der Waals surface area contributed by atoms with E-state index in [4.69, 9.17) is 5.73 Å². The van der Waals surface area contributed by atoms with Crippen molar-refractivity contribution in [2.45, 2.75) is 32.9 Å². The van der Waals surface area contributed by atoms with Crippen LogP contribution in [0.2, 0.25) is 0 Å². The van der Waals surface area contributed by atoms with Crippen LogP contribution in [0.15, 0.2) is 16.9 Å². The number of rotatable bonds is 2. The number of nitrogens with two attached hydrogens (primary N) is 1. The standard InChI is InChI=1S/C9H15BrN2/c1-6(2)12-5-8(7(3)11)4-9(12)10/h4-7H,11H2,1-3H3. The SMILES string of the molecule is CC(N)c1cc(Br)n(C(C)C)c1. The molecule has 0 radical (unpaired) electrons. The zero-order valence-corrected chi connectivity index (χ0v) is 9.30. The highest BCUT2D eigenvalue weighted by Crippen LogP contribution is 2.22. The molecule has 0 aromatic carbocycles. The van der Waals surface area contributed by atoms with Crippen LogP contribution in [0.25, 0.3) is 0 Å². The lowest BCUT2D eigenvalue weighted by Gasteiger charge is -2.08. The molecule has 1 atom stereocenters. The molecule has 0 bridgehead atoms. The minimum atomic E-state index is 0.112. The second-order valence-corrected chi connectivity index (χ2v) is 4.20. The molecule has 1 aromatic heterocycles. The van der Waals surface area contributed by atoms with Gasteiger partial charge in [-0.05, 0) is 48.3 Å². The summed E-state index contributed by atoms with van der Waals surface area (Å²) in [6.07, 6.45) is 2.10. The molecule has 1 rings (SSSR count). The zero-order chi connectivity index (χ0) is 9.30. The quantitative estimate of drug-likeness (QED) is 0.833. The summed E-state index contributed by atoms with van der Waals surface area (Å²) in [4.78, 5) is 0. The molecule has 68 valence electrons. The summed E-state index contributed by atoms with van der Waals surface area (Å²) >= 11 is 3.49. The maximum absolute atomic E-state index is 5.76. The summed E-state index contributed by atoms with van der Waals surface area (Å²) in [5.74, 6) is 0. The molecule has 3 heteroatoms. The van der Waals surface area contributed by atoms with E-state index in [0.29, 0.717) is 6.04 Å². The van der Waals surface area contributed by atoms with Gasteiger partial charge in [0.05, 0.1) is 4.60 Å². The Balaban J connectivity index is 3.00. The van der Waals surface area contributed by atoms with Crippen molar-refractivity contribution < 1.29 is 0 Å². The van der Waals surface area contributed by atoms with E-state index in [0.717, 1.165) is 4.60 Å². The summed E-state index contributed by atoms with van der Waals surface area (Å²) in [7, 11) is 0. The molecule has 1 heterocycles. The summed E-state index contributed by atoms with van der Waals surface area (Å²) in [6, 6.07) is 2.66. The van der Waals surface area contributed by atoms with E-state index in [1.807, 2.05) is 6.92 Å². The van der Waals surface area contributed by atoms with Crippen molar-refractivity contribution in [2.75, 3.05) is 0 Å². The monoisotopic (exact) mass is 230 g/mol. The molecule has 0 amide bonds. The summed E-state index contributed by atoms with van der Waals surface area (Å²) in [5, 5.41) is 0. The van der Waals surface area contributed by atoms with Crippen molar-refractivity contribution in [1.29, 1.82) is 0 Å². The highest BCUT2D eigenvalue weighted by molar-refractivity contribution is 9.10. The van der Waals surface area contributed by atoms with E-state index in [2.05, 4.69) is 46.6 Å². The van der Waals surface area contributed by atoms with E-state index < -0.39 is 0 Å². The van der Waals surface area contributed by atoms with Crippen LogP contribution in [-0.2, 0) is 0 Å². The Bertz CT molecular complexity index is 263. The van der Waals surface area contributed by atoms with Crippen molar-refractivity contribution >= 4 is 15.9 Å².